The van der Waals surface area contributed by atoms with E-state index in [1.54, 1.807) is 13.2 Å². The van der Waals surface area contributed by atoms with Gasteiger partial charge in [0.2, 0.25) is 0 Å². The molecular weight excluding hydrogens is 245 g/mol. The maximum Gasteiger partial charge on any atom is 0.142 e. The van der Waals surface area contributed by atoms with Crippen LogP contribution in [0, 0.1) is 5.82 Å². The molecule has 0 saturated carbocycles. The average molecular weight is 262 g/mol. The van der Waals surface area contributed by atoms with Gasteiger partial charge in [0, 0.05) is 13.7 Å². The molecule has 0 heterocycles. The van der Waals surface area contributed by atoms with Crippen LogP contribution in [0.15, 0.2) is 18.2 Å². The van der Waals surface area contributed by atoms with Crippen molar-refractivity contribution < 1.29 is 14.2 Å². The van der Waals surface area contributed by atoms with E-state index in [1.165, 1.54) is 12.1 Å². The lowest BCUT2D eigenvalue weighted by atomic mass is 10.2. The second-order valence-electron chi connectivity index (χ2n) is 3.82. The largest absolute Gasteiger partial charge is 0.391 e. The molecule has 0 aliphatic heterocycles. The van der Waals surface area contributed by atoms with E-state index < -0.39 is 11.9 Å². The fourth-order valence-corrected chi connectivity index (χ4v) is 1.54. The predicted octanol–water partition coefficient (Wildman–Crippen LogP) is 1.97. The van der Waals surface area contributed by atoms with E-state index in [-0.39, 0.29) is 5.02 Å². The van der Waals surface area contributed by atoms with E-state index in [1.807, 2.05) is 0 Å². The van der Waals surface area contributed by atoms with Crippen molar-refractivity contribution in [2.45, 2.75) is 19.1 Å². The van der Waals surface area contributed by atoms with Gasteiger partial charge in [-0.15, -0.1) is 0 Å². The van der Waals surface area contributed by atoms with Crippen molar-refractivity contribution in [3.05, 3.63) is 34.6 Å². The molecule has 3 nitrogen and oxygen atoms in total. The van der Waals surface area contributed by atoms with E-state index >= 15 is 0 Å². The molecular formula is C12H17ClFNO2. The molecule has 1 atom stereocenters. The van der Waals surface area contributed by atoms with Gasteiger partial charge in [-0.3, -0.25) is 0 Å². The summed E-state index contributed by atoms with van der Waals surface area (Å²) in [5.41, 5.74) is 0.827. The lowest BCUT2D eigenvalue weighted by Crippen LogP contribution is -2.23. The number of nitrogens with one attached hydrogen (secondary N) is 1. The summed E-state index contributed by atoms with van der Waals surface area (Å²) >= 11 is 5.58. The van der Waals surface area contributed by atoms with Crippen LogP contribution in [0.5, 0.6) is 0 Å². The van der Waals surface area contributed by atoms with Crippen molar-refractivity contribution in [3.63, 3.8) is 0 Å². The Balaban J connectivity index is 2.24. The molecule has 1 unspecified atom stereocenters. The van der Waals surface area contributed by atoms with Gasteiger partial charge < -0.3 is 15.2 Å². The second kappa shape index (κ2) is 7.61. The molecule has 1 aromatic carbocycles. The highest BCUT2D eigenvalue weighted by molar-refractivity contribution is 6.30. The van der Waals surface area contributed by atoms with Crippen LogP contribution in [0.2, 0.25) is 5.02 Å². The minimum absolute atomic E-state index is 0.129. The smallest absolute Gasteiger partial charge is 0.142 e. The number of rotatable bonds is 7. The first-order chi connectivity index (χ1) is 8.13. The fraction of sp³-hybridized carbons (Fsp3) is 0.500. The van der Waals surface area contributed by atoms with E-state index in [9.17, 15) is 9.50 Å². The van der Waals surface area contributed by atoms with Gasteiger partial charge in [0.25, 0.3) is 0 Å². The lowest BCUT2D eigenvalue weighted by molar-refractivity contribution is 0.0594. The Bertz CT molecular complexity index is 349. The maximum atomic E-state index is 13.1. The number of aliphatic hydroxyl groups excluding tert-OH is 1. The zero-order valence-electron chi connectivity index (χ0n) is 9.75. The SMILES string of the molecule is COCC(O)CCNCc1ccc(Cl)c(F)c1. The Kier molecular flexibility index (Phi) is 6.44. The number of ether oxygens (including phenoxy) is 1. The van der Waals surface area contributed by atoms with Crippen LogP contribution in [0.4, 0.5) is 4.39 Å². The number of methoxy groups -OCH3 is 1. The summed E-state index contributed by atoms with van der Waals surface area (Å²) in [6.07, 6.45) is 0.138. The Morgan fingerprint density at radius 3 is 2.94 bits per heavy atom. The van der Waals surface area contributed by atoms with Crippen molar-refractivity contribution in [2.75, 3.05) is 20.3 Å². The third kappa shape index (κ3) is 5.46. The molecule has 0 aliphatic carbocycles. The normalized spacial score (nSPS) is 12.7. The number of hydrogen-bond acceptors (Lipinski definition) is 3. The third-order valence-electron chi connectivity index (χ3n) is 2.33. The molecule has 2 N–H and O–H groups in total. The molecule has 0 bridgehead atoms. The summed E-state index contributed by atoms with van der Waals surface area (Å²) in [6.45, 7) is 1.53. The van der Waals surface area contributed by atoms with Gasteiger partial charge in [-0.2, -0.15) is 0 Å². The number of halogens is 2. The van der Waals surface area contributed by atoms with Crippen molar-refractivity contribution in [1.82, 2.24) is 5.32 Å². The van der Waals surface area contributed by atoms with Gasteiger partial charge in [-0.1, -0.05) is 17.7 Å². The van der Waals surface area contributed by atoms with E-state index in [0.717, 1.165) is 5.56 Å². The highest BCUT2D eigenvalue weighted by Gasteiger charge is 2.03. The maximum absolute atomic E-state index is 13.1. The summed E-state index contributed by atoms with van der Waals surface area (Å²) < 4.78 is 17.9. The monoisotopic (exact) mass is 261 g/mol. The summed E-state index contributed by atoms with van der Waals surface area (Å²) in [5, 5.41) is 12.6. The van der Waals surface area contributed by atoms with Gasteiger partial charge in [0.1, 0.15) is 5.82 Å². The molecule has 0 radical (unpaired) electrons. The van der Waals surface area contributed by atoms with Crippen LogP contribution >= 0.6 is 11.6 Å². The molecule has 17 heavy (non-hydrogen) atoms. The molecule has 1 rings (SSSR count). The van der Waals surface area contributed by atoms with Gasteiger partial charge >= 0.3 is 0 Å². The van der Waals surface area contributed by atoms with Gasteiger partial charge in [-0.05, 0) is 30.7 Å². The van der Waals surface area contributed by atoms with Crippen molar-refractivity contribution in [2.24, 2.45) is 0 Å². The number of benzene rings is 1. The van der Waals surface area contributed by atoms with Gasteiger partial charge in [0.05, 0.1) is 17.7 Å². The van der Waals surface area contributed by atoms with Crippen LogP contribution < -0.4 is 5.32 Å². The molecule has 0 saturated heterocycles. The van der Waals surface area contributed by atoms with E-state index in [2.05, 4.69) is 5.32 Å². The van der Waals surface area contributed by atoms with Crippen LogP contribution in [0.3, 0.4) is 0 Å². The summed E-state index contributed by atoms with van der Waals surface area (Å²) in [6, 6.07) is 4.71. The summed E-state index contributed by atoms with van der Waals surface area (Å²) in [5.74, 6) is -0.412. The highest BCUT2D eigenvalue weighted by atomic mass is 35.5. The molecule has 0 aliphatic rings. The minimum atomic E-state index is -0.463. The molecule has 0 spiro atoms. The Morgan fingerprint density at radius 2 is 2.29 bits per heavy atom. The Labute approximate surface area is 106 Å². The number of hydrogen-bond donors (Lipinski definition) is 2. The van der Waals surface area contributed by atoms with Crippen LogP contribution in [-0.2, 0) is 11.3 Å². The Hall–Kier alpha value is -0.680. The van der Waals surface area contributed by atoms with Gasteiger partial charge in [-0.25, -0.2) is 4.39 Å². The third-order valence-corrected chi connectivity index (χ3v) is 2.63. The Morgan fingerprint density at radius 1 is 1.53 bits per heavy atom. The first kappa shape index (κ1) is 14.4. The van der Waals surface area contributed by atoms with Crippen molar-refractivity contribution >= 4 is 11.6 Å². The molecule has 5 heteroatoms. The average Bonchev–Trinajstić information content (AvgIpc) is 2.29. The second-order valence-corrected chi connectivity index (χ2v) is 4.23. The quantitative estimate of drug-likeness (QED) is 0.738. The summed E-state index contributed by atoms with van der Waals surface area (Å²) in [7, 11) is 1.55. The number of aliphatic hydroxyl groups is 1. The predicted molar refractivity (Wildman–Crippen MR) is 65.6 cm³/mol. The van der Waals surface area contributed by atoms with Crippen molar-refractivity contribution in [3.8, 4) is 0 Å². The van der Waals surface area contributed by atoms with Crippen molar-refractivity contribution in [1.29, 1.82) is 0 Å². The van der Waals surface area contributed by atoms with E-state index in [0.29, 0.717) is 26.1 Å². The van der Waals surface area contributed by atoms with E-state index in [4.69, 9.17) is 16.3 Å². The molecule has 1 aromatic rings. The van der Waals surface area contributed by atoms with Gasteiger partial charge in [0.15, 0.2) is 0 Å². The molecule has 0 aromatic heterocycles. The highest BCUT2D eigenvalue weighted by Crippen LogP contribution is 2.15. The zero-order valence-corrected chi connectivity index (χ0v) is 10.5. The minimum Gasteiger partial charge on any atom is -0.391 e. The fourth-order valence-electron chi connectivity index (χ4n) is 1.43. The standard InChI is InChI=1S/C12H17ClFNO2/c1-17-8-10(16)4-5-15-7-9-2-3-11(13)12(14)6-9/h2-3,6,10,15-16H,4-5,7-8H2,1H3. The first-order valence-corrected chi connectivity index (χ1v) is 5.83. The molecule has 0 fully saturated rings. The molecule has 96 valence electrons. The molecule has 0 amide bonds. The van der Waals surface area contributed by atoms with Crippen LogP contribution in [0.25, 0.3) is 0 Å². The first-order valence-electron chi connectivity index (χ1n) is 5.45. The topological polar surface area (TPSA) is 41.5 Å². The zero-order chi connectivity index (χ0) is 12.7. The summed E-state index contributed by atoms with van der Waals surface area (Å²) in [4.78, 5) is 0. The lowest BCUT2D eigenvalue weighted by Gasteiger charge is -2.10. The van der Waals surface area contributed by atoms with Crippen LogP contribution in [0.1, 0.15) is 12.0 Å². The van der Waals surface area contributed by atoms with Crippen LogP contribution in [-0.4, -0.2) is 31.5 Å².